The molecule has 176 valence electrons. The summed E-state index contributed by atoms with van der Waals surface area (Å²) in [7, 11) is 3.21. The number of methoxy groups -OCH3 is 2. The number of rotatable bonds is 8. The Kier molecular flexibility index (Phi) is 6.77. The highest BCUT2D eigenvalue weighted by Crippen LogP contribution is 2.48. The van der Waals surface area contributed by atoms with Crippen LogP contribution in [0, 0.1) is 0 Å². The Labute approximate surface area is 195 Å². The third kappa shape index (κ3) is 4.36. The molecule has 0 aromatic heterocycles. The van der Waals surface area contributed by atoms with Crippen molar-refractivity contribution in [2.24, 2.45) is 0 Å². The molecule has 1 atom stereocenters. The van der Waals surface area contributed by atoms with E-state index in [1.807, 2.05) is 54.3 Å². The molecule has 0 unspecified atom stereocenters. The summed E-state index contributed by atoms with van der Waals surface area (Å²) in [6.07, 6.45) is 4.60. The summed E-state index contributed by atoms with van der Waals surface area (Å²) in [5.41, 5.74) is 0.791. The van der Waals surface area contributed by atoms with Crippen LogP contribution in [-0.2, 0) is 9.59 Å². The number of carbonyl (C=O) groups excluding carboxylic acids is 2. The molecule has 2 aromatic rings. The van der Waals surface area contributed by atoms with Gasteiger partial charge in [-0.1, -0.05) is 25.3 Å². The molecule has 1 saturated carbocycles. The smallest absolute Gasteiger partial charge is 0.250 e. The highest BCUT2D eigenvalue weighted by molar-refractivity contribution is 6.02. The van der Waals surface area contributed by atoms with Crippen LogP contribution in [-0.4, -0.2) is 43.1 Å². The maximum atomic E-state index is 13.7. The normalized spacial score (nSPS) is 19.4. The van der Waals surface area contributed by atoms with Crippen LogP contribution in [0.15, 0.2) is 42.5 Å². The van der Waals surface area contributed by atoms with E-state index in [0.717, 1.165) is 30.6 Å². The predicted molar refractivity (Wildman–Crippen MR) is 126 cm³/mol. The number of benzene rings is 2. The van der Waals surface area contributed by atoms with Gasteiger partial charge in [-0.2, -0.15) is 0 Å². The van der Waals surface area contributed by atoms with Crippen molar-refractivity contribution < 1.29 is 23.8 Å². The fraction of sp³-hybridized carbons (Fsp3) is 0.462. The lowest BCUT2D eigenvalue weighted by atomic mass is 9.74. The fourth-order valence-electron chi connectivity index (χ4n) is 5.02. The molecule has 0 radical (unpaired) electrons. The van der Waals surface area contributed by atoms with Crippen molar-refractivity contribution in [3.8, 4) is 17.2 Å². The summed E-state index contributed by atoms with van der Waals surface area (Å²) in [5.74, 6) is 1.92. The second-order valence-electron chi connectivity index (χ2n) is 8.60. The number of anilines is 1. The number of carbonyl (C=O) groups is 2. The Hall–Kier alpha value is -3.22. The van der Waals surface area contributed by atoms with E-state index in [4.69, 9.17) is 14.2 Å². The van der Waals surface area contributed by atoms with E-state index in [1.54, 1.807) is 14.2 Å². The van der Waals surface area contributed by atoms with Crippen molar-refractivity contribution in [2.75, 3.05) is 26.1 Å². The average molecular weight is 453 g/mol. The summed E-state index contributed by atoms with van der Waals surface area (Å²) in [5, 5.41) is 3.06. The molecular weight excluding hydrogens is 420 g/mol. The molecule has 7 nitrogen and oxygen atoms in total. The van der Waals surface area contributed by atoms with Gasteiger partial charge in [-0.25, -0.2) is 0 Å². The van der Waals surface area contributed by atoms with Crippen molar-refractivity contribution >= 4 is 17.5 Å². The minimum atomic E-state index is -0.857. The molecule has 4 rings (SSSR count). The van der Waals surface area contributed by atoms with Crippen molar-refractivity contribution in [3.05, 3.63) is 48.0 Å². The predicted octanol–water partition coefficient (Wildman–Crippen LogP) is 4.72. The van der Waals surface area contributed by atoms with Gasteiger partial charge in [-0.15, -0.1) is 0 Å². The fourth-order valence-corrected chi connectivity index (χ4v) is 5.02. The van der Waals surface area contributed by atoms with Crippen LogP contribution in [0.1, 0.15) is 57.1 Å². The van der Waals surface area contributed by atoms with Gasteiger partial charge in [0, 0.05) is 5.69 Å². The zero-order valence-corrected chi connectivity index (χ0v) is 19.6. The lowest BCUT2D eigenvalue weighted by Crippen LogP contribution is -2.65. The lowest BCUT2D eigenvalue weighted by Gasteiger charge is -2.54. The van der Waals surface area contributed by atoms with Crippen molar-refractivity contribution in [3.63, 3.8) is 0 Å². The van der Waals surface area contributed by atoms with E-state index >= 15 is 0 Å². The van der Waals surface area contributed by atoms with Crippen LogP contribution in [0.2, 0.25) is 0 Å². The summed E-state index contributed by atoms with van der Waals surface area (Å²) < 4.78 is 16.4. The van der Waals surface area contributed by atoms with Gasteiger partial charge in [0.1, 0.15) is 11.3 Å². The summed E-state index contributed by atoms with van der Waals surface area (Å²) >= 11 is 0. The molecule has 1 heterocycles. The molecule has 2 aliphatic rings. The minimum Gasteiger partial charge on any atom is -0.497 e. The second-order valence-corrected chi connectivity index (χ2v) is 8.60. The van der Waals surface area contributed by atoms with Gasteiger partial charge in [0.25, 0.3) is 0 Å². The number of amides is 2. The largest absolute Gasteiger partial charge is 0.497 e. The third-order valence-corrected chi connectivity index (χ3v) is 6.73. The van der Waals surface area contributed by atoms with Crippen molar-refractivity contribution in [1.82, 2.24) is 4.90 Å². The number of hydrogen-bond acceptors (Lipinski definition) is 5. The number of likely N-dealkylation sites (tertiary alicyclic amines) is 1. The molecule has 1 saturated heterocycles. The quantitative estimate of drug-likeness (QED) is 0.587. The van der Waals surface area contributed by atoms with Crippen LogP contribution in [0.4, 0.5) is 5.69 Å². The Morgan fingerprint density at radius 2 is 1.76 bits per heavy atom. The van der Waals surface area contributed by atoms with Crippen LogP contribution >= 0.6 is 0 Å². The SMILES string of the molecule is CCOc1ccc([C@H]2CC(=O)N2C2(C(=O)Nc3ccc(OC)cc3)CCCCC2)cc1OC. The number of hydrogen-bond donors (Lipinski definition) is 1. The van der Waals surface area contributed by atoms with Crippen LogP contribution in [0.3, 0.4) is 0 Å². The molecule has 2 amide bonds. The standard InChI is InChI=1S/C26H32N2O5/c1-4-33-22-13-8-18(16-23(22)32-3)21-17-24(29)28(21)26(14-6-5-7-15-26)25(30)27-19-9-11-20(31-2)12-10-19/h8-13,16,21H,4-7,14-15,17H2,1-3H3,(H,27,30)/t21-/m1/s1. The Morgan fingerprint density at radius 1 is 1.03 bits per heavy atom. The van der Waals surface area contributed by atoms with Crippen molar-refractivity contribution in [1.29, 1.82) is 0 Å². The van der Waals surface area contributed by atoms with E-state index in [2.05, 4.69) is 5.32 Å². The van der Waals surface area contributed by atoms with Gasteiger partial charge in [0.15, 0.2) is 11.5 Å². The molecule has 2 fully saturated rings. The second kappa shape index (κ2) is 9.73. The first-order chi connectivity index (χ1) is 16.0. The van der Waals surface area contributed by atoms with E-state index in [1.165, 1.54) is 0 Å². The zero-order valence-electron chi connectivity index (χ0n) is 19.6. The van der Waals surface area contributed by atoms with Gasteiger partial charge in [0.05, 0.1) is 33.3 Å². The highest BCUT2D eigenvalue weighted by Gasteiger charge is 2.54. The molecule has 1 aliphatic heterocycles. The molecule has 2 aromatic carbocycles. The first-order valence-electron chi connectivity index (χ1n) is 11.6. The Bertz CT molecular complexity index is 998. The van der Waals surface area contributed by atoms with E-state index in [9.17, 15) is 9.59 Å². The average Bonchev–Trinajstić information content (AvgIpc) is 2.84. The third-order valence-electron chi connectivity index (χ3n) is 6.73. The minimum absolute atomic E-state index is 0.0135. The van der Waals surface area contributed by atoms with Crippen LogP contribution in [0.5, 0.6) is 17.2 Å². The number of nitrogens with zero attached hydrogens (tertiary/aromatic N) is 1. The molecule has 33 heavy (non-hydrogen) atoms. The van der Waals surface area contributed by atoms with Crippen LogP contribution < -0.4 is 19.5 Å². The first kappa shape index (κ1) is 23.0. The molecule has 0 bridgehead atoms. The van der Waals surface area contributed by atoms with Crippen molar-refractivity contribution in [2.45, 2.75) is 57.0 Å². The molecule has 1 N–H and O–H groups in total. The maximum Gasteiger partial charge on any atom is 0.250 e. The van der Waals surface area contributed by atoms with Crippen LogP contribution in [0.25, 0.3) is 0 Å². The Morgan fingerprint density at radius 3 is 2.36 bits per heavy atom. The molecule has 1 aliphatic carbocycles. The zero-order chi connectivity index (χ0) is 23.4. The van der Waals surface area contributed by atoms with E-state index in [0.29, 0.717) is 43.1 Å². The summed E-state index contributed by atoms with van der Waals surface area (Å²) in [6.45, 7) is 2.46. The number of ether oxygens (including phenoxy) is 3. The molecule has 0 spiro atoms. The topological polar surface area (TPSA) is 77.1 Å². The molecular formula is C26H32N2O5. The van der Waals surface area contributed by atoms with Gasteiger partial charge in [-0.05, 0) is 61.7 Å². The summed E-state index contributed by atoms with van der Waals surface area (Å²) in [4.78, 5) is 28.5. The monoisotopic (exact) mass is 452 g/mol. The number of β-lactam (4-membered cyclic amide) rings is 1. The number of nitrogens with one attached hydrogen (secondary N) is 1. The first-order valence-corrected chi connectivity index (χ1v) is 11.6. The maximum absolute atomic E-state index is 13.7. The van der Waals surface area contributed by atoms with Gasteiger partial charge in [-0.3, -0.25) is 9.59 Å². The van der Waals surface area contributed by atoms with Gasteiger partial charge in [0.2, 0.25) is 11.8 Å². The summed E-state index contributed by atoms with van der Waals surface area (Å²) in [6, 6.07) is 12.9. The Balaban J connectivity index is 1.62. The van der Waals surface area contributed by atoms with Gasteiger partial charge < -0.3 is 24.4 Å². The van der Waals surface area contributed by atoms with E-state index in [-0.39, 0.29) is 17.9 Å². The molecule has 7 heteroatoms. The van der Waals surface area contributed by atoms with E-state index < -0.39 is 5.54 Å². The van der Waals surface area contributed by atoms with Gasteiger partial charge >= 0.3 is 0 Å². The highest BCUT2D eigenvalue weighted by atomic mass is 16.5. The lowest BCUT2D eigenvalue weighted by molar-refractivity contribution is -0.166.